The molecule has 1 N–H and O–H groups in total. The van der Waals surface area contributed by atoms with Crippen LogP contribution < -0.4 is 10.2 Å². The number of hydrogen-bond donors (Lipinski definition) is 1. The van der Waals surface area contributed by atoms with Gasteiger partial charge in [-0.1, -0.05) is 0 Å². The van der Waals surface area contributed by atoms with Crippen molar-refractivity contribution in [1.82, 2.24) is 5.32 Å². The quantitative estimate of drug-likeness (QED) is 0.848. The van der Waals surface area contributed by atoms with E-state index in [1.807, 2.05) is 0 Å². The molecule has 0 saturated carbocycles. The number of benzene rings is 1. The summed E-state index contributed by atoms with van der Waals surface area (Å²) in [5.41, 5.74) is -1.14. The van der Waals surface area contributed by atoms with E-state index in [-0.39, 0.29) is 18.7 Å². The number of amides is 1. The molecule has 0 spiro atoms. The predicted octanol–water partition coefficient (Wildman–Crippen LogP) is 2.38. The Kier molecular flexibility index (Phi) is 3.75. The van der Waals surface area contributed by atoms with E-state index in [2.05, 4.69) is 12.2 Å². The van der Waals surface area contributed by atoms with Gasteiger partial charge in [-0.15, -0.1) is 0 Å². The van der Waals surface area contributed by atoms with Gasteiger partial charge in [0.1, 0.15) is 11.9 Å². The van der Waals surface area contributed by atoms with Gasteiger partial charge in [0.2, 0.25) is 0 Å². The van der Waals surface area contributed by atoms with Crippen LogP contribution in [0.1, 0.15) is 18.0 Å². The van der Waals surface area contributed by atoms with Gasteiger partial charge in [0.25, 0.3) is 0 Å². The fraction of sp³-hybridized carbons (Fsp3) is 0.267. The van der Waals surface area contributed by atoms with Gasteiger partial charge in [0.15, 0.2) is 17.4 Å². The molecule has 5 nitrogen and oxygen atoms in total. The Bertz CT molecular complexity index is 720. The van der Waals surface area contributed by atoms with Crippen LogP contribution in [0.25, 0.3) is 0 Å². The van der Waals surface area contributed by atoms with Gasteiger partial charge in [-0.25, -0.2) is 18.0 Å². The standard InChI is InChI=1S/C15H12F3N2O3/c1-7-6-20(15(22)23-7)11-5-9(16)12(14(18)13(11)17)10-4-8(21)2-3-19-10/h2-3,5,7,10,19H,1,4,6H2. The highest BCUT2D eigenvalue weighted by molar-refractivity contribution is 5.91. The van der Waals surface area contributed by atoms with Crippen molar-refractivity contribution in [3.63, 3.8) is 0 Å². The minimum atomic E-state index is -1.44. The highest BCUT2D eigenvalue weighted by Gasteiger charge is 2.35. The molecular weight excluding hydrogens is 313 g/mol. The van der Waals surface area contributed by atoms with Gasteiger partial charge < -0.3 is 10.1 Å². The van der Waals surface area contributed by atoms with E-state index in [0.29, 0.717) is 0 Å². The Labute approximate surface area is 129 Å². The maximum absolute atomic E-state index is 14.3. The van der Waals surface area contributed by atoms with E-state index in [1.54, 1.807) is 0 Å². The molecular formula is C15H12F3N2O3. The van der Waals surface area contributed by atoms with Crippen LogP contribution >= 0.6 is 0 Å². The summed E-state index contributed by atoms with van der Waals surface area (Å²) in [6, 6.07) is -0.292. The van der Waals surface area contributed by atoms with Crippen molar-refractivity contribution in [2.45, 2.75) is 18.6 Å². The van der Waals surface area contributed by atoms with Crippen LogP contribution in [-0.2, 0) is 9.53 Å². The molecule has 1 saturated heterocycles. The van der Waals surface area contributed by atoms with Crippen LogP contribution in [0.5, 0.6) is 0 Å². The number of nitrogens with zero attached hydrogens (tertiary/aromatic N) is 1. The van der Waals surface area contributed by atoms with Crippen LogP contribution in [0.4, 0.5) is 23.7 Å². The molecule has 2 aliphatic rings. The lowest BCUT2D eigenvalue weighted by Crippen LogP contribution is -2.28. The summed E-state index contributed by atoms with van der Waals surface area (Å²) in [5.74, 6) is -4.21. The van der Waals surface area contributed by atoms with Crippen molar-refractivity contribution in [3.05, 3.63) is 48.3 Å². The summed E-state index contributed by atoms with van der Waals surface area (Å²) in [6.07, 6.45) is 0.605. The third-order valence-electron chi connectivity index (χ3n) is 3.66. The van der Waals surface area contributed by atoms with Crippen LogP contribution in [0.3, 0.4) is 0 Å². The smallest absolute Gasteiger partial charge is 0.414 e. The Morgan fingerprint density at radius 2 is 2.00 bits per heavy atom. The summed E-state index contributed by atoms with van der Waals surface area (Å²) >= 11 is 0. The molecule has 121 valence electrons. The number of nitrogens with one attached hydrogen (secondary N) is 1. The van der Waals surface area contributed by atoms with Crippen LogP contribution in [0, 0.1) is 24.4 Å². The van der Waals surface area contributed by atoms with Crippen LogP contribution in [0.2, 0.25) is 0 Å². The number of carbonyl (C=O) groups is 2. The number of anilines is 1. The highest BCUT2D eigenvalue weighted by Crippen LogP contribution is 2.34. The minimum Gasteiger partial charge on any atom is -0.444 e. The average molecular weight is 325 g/mol. The zero-order chi connectivity index (χ0) is 16.7. The molecule has 1 aromatic carbocycles. The van der Waals surface area contributed by atoms with Crippen molar-refractivity contribution in [1.29, 1.82) is 0 Å². The maximum atomic E-state index is 14.3. The summed E-state index contributed by atoms with van der Waals surface area (Å²) in [6.45, 7) is 3.37. The lowest BCUT2D eigenvalue weighted by Gasteiger charge is -2.23. The van der Waals surface area contributed by atoms with E-state index < -0.39 is 46.9 Å². The molecule has 3 rings (SSSR count). The van der Waals surface area contributed by atoms with Crippen molar-refractivity contribution >= 4 is 17.6 Å². The molecule has 1 amide bonds. The van der Waals surface area contributed by atoms with Crippen molar-refractivity contribution in [3.8, 4) is 0 Å². The third-order valence-corrected chi connectivity index (χ3v) is 3.66. The first-order valence-electron chi connectivity index (χ1n) is 6.82. The fourth-order valence-electron chi connectivity index (χ4n) is 2.60. The molecule has 1 fully saturated rings. The van der Waals surface area contributed by atoms with E-state index >= 15 is 0 Å². The van der Waals surface area contributed by atoms with Gasteiger partial charge in [-0.2, -0.15) is 0 Å². The number of cyclic esters (lactones) is 1. The van der Waals surface area contributed by atoms with Gasteiger partial charge in [0, 0.05) is 24.3 Å². The molecule has 2 atom stereocenters. The van der Waals surface area contributed by atoms with E-state index in [1.165, 1.54) is 12.3 Å². The minimum absolute atomic E-state index is 0.114. The molecule has 0 aromatic heterocycles. The molecule has 0 bridgehead atoms. The monoisotopic (exact) mass is 325 g/mol. The van der Waals surface area contributed by atoms with E-state index in [0.717, 1.165) is 11.0 Å². The average Bonchev–Trinajstić information content (AvgIpc) is 2.82. The van der Waals surface area contributed by atoms with Gasteiger partial charge >= 0.3 is 6.09 Å². The normalized spacial score (nSPS) is 23.9. The zero-order valence-corrected chi connectivity index (χ0v) is 11.8. The first-order valence-corrected chi connectivity index (χ1v) is 6.82. The van der Waals surface area contributed by atoms with Crippen LogP contribution in [-0.4, -0.2) is 24.5 Å². The first kappa shape index (κ1) is 15.4. The Morgan fingerprint density at radius 1 is 1.26 bits per heavy atom. The third kappa shape index (κ3) is 2.64. The lowest BCUT2D eigenvalue weighted by atomic mass is 9.97. The topological polar surface area (TPSA) is 58.6 Å². The fourth-order valence-corrected chi connectivity index (χ4v) is 2.60. The van der Waals surface area contributed by atoms with Crippen molar-refractivity contribution in [2.75, 3.05) is 11.4 Å². The van der Waals surface area contributed by atoms with Gasteiger partial charge in [-0.05, 0) is 13.0 Å². The number of ether oxygens (including phenoxy) is 1. The summed E-state index contributed by atoms with van der Waals surface area (Å²) in [4.78, 5) is 23.7. The number of carbonyl (C=O) groups excluding carboxylic acids is 2. The van der Waals surface area contributed by atoms with E-state index in [4.69, 9.17) is 4.74 Å². The number of ketones is 1. The summed E-state index contributed by atoms with van der Waals surface area (Å²) in [7, 11) is 0. The SMILES string of the molecule is [CH2]C1CN(c2cc(F)c(C3CC(=O)C=CN3)c(F)c2F)C(=O)O1. The van der Waals surface area contributed by atoms with E-state index in [9.17, 15) is 22.8 Å². The second-order valence-electron chi connectivity index (χ2n) is 5.26. The maximum Gasteiger partial charge on any atom is 0.414 e. The van der Waals surface area contributed by atoms with Crippen molar-refractivity contribution < 1.29 is 27.5 Å². The second kappa shape index (κ2) is 5.60. The molecule has 2 aliphatic heterocycles. The highest BCUT2D eigenvalue weighted by atomic mass is 19.2. The molecule has 1 radical (unpaired) electrons. The van der Waals surface area contributed by atoms with Crippen LogP contribution in [0.15, 0.2) is 18.3 Å². The summed E-state index contributed by atoms with van der Waals surface area (Å²) < 4.78 is 47.7. The van der Waals surface area contributed by atoms with Gasteiger partial charge in [0.05, 0.1) is 18.3 Å². The Balaban J connectivity index is 2.02. The summed E-state index contributed by atoms with van der Waals surface area (Å²) in [5, 5.41) is 2.62. The molecule has 8 heteroatoms. The molecule has 1 aromatic rings. The second-order valence-corrected chi connectivity index (χ2v) is 5.26. The number of hydrogen-bond acceptors (Lipinski definition) is 4. The predicted molar refractivity (Wildman–Crippen MR) is 73.9 cm³/mol. The Morgan fingerprint density at radius 3 is 2.61 bits per heavy atom. The molecule has 0 aliphatic carbocycles. The lowest BCUT2D eigenvalue weighted by molar-refractivity contribution is -0.115. The largest absolute Gasteiger partial charge is 0.444 e. The molecule has 2 heterocycles. The van der Waals surface area contributed by atoms with Crippen molar-refractivity contribution in [2.24, 2.45) is 0 Å². The number of allylic oxidation sites excluding steroid dienone is 1. The molecule has 2 unspecified atom stereocenters. The first-order chi connectivity index (χ1) is 10.9. The Hall–Kier alpha value is -2.51. The number of halogens is 3. The van der Waals surface area contributed by atoms with Gasteiger partial charge in [-0.3, -0.25) is 9.69 Å². The zero-order valence-electron chi connectivity index (χ0n) is 11.8. The molecule has 23 heavy (non-hydrogen) atoms. The number of rotatable bonds is 2.